The third-order valence-electron chi connectivity index (χ3n) is 3.03. The Morgan fingerprint density at radius 1 is 1.06 bits per heavy atom. The maximum Gasteiger partial charge on any atom is 0.142 e. The highest BCUT2D eigenvalue weighted by Crippen LogP contribution is 2.19. The molecule has 1 aromatic rings. The summed E-state index contributed by atoms with van der Waals surface area (Å²) in [5.41, 5.74) is 6.52. The Balaban J connectivity index is 0.00000144. The minimum absolute atomic E-state index is 0. The Labute approximate surface area is 121 Å². The van der Waals surface area contributed by atoms with Crippen LogP contribution in [0.4, 0.5) is 5.69 Å². The summed E-state index contributed by atoms with van der Waals surface area (Å²) in [5.74, 6) is 0.805. The zero-order chi connectivity index (χ0) is 11.2. The molecule has 0 radical (unpaired) electrons. The van der Waals surface area contributed by atoms with E-state index in [1.807, 2.05) is 24.3 Å². The molecule has 104 valence electrons. The number of benzene rings is 1. The number of likely N-dealkylation sites (tertiary alicyclic amines) is 1. The molecule has 1 fully saturated rings. The fraction of sp³-hybridized carbons (Fsp3) is 0.538. The first kappa shape index (κ1) is 17.4. The molecule has 2 N–H and O–H groups in total. The predicted octanol–water partition coefficient (Wildman–Crippen LogP) is 2.98. The number of halogens is 2. The van der Waals surface area contributed by atoms with Crippen LogP contribution in [0.25, 0.3) is 0 Å². The van der Waals surface area contributed by atoms with Crippen LogP contribution in [0.1, 0.15) is 19.3 Å². The van der Waals surface area contributed by atoms with Gasteiger partial charge >= 0.3 is 0 Å². The van der Waals surface area contributed by atoms with Crippen LogP contribution in [0.5, 0.6) is 5.75 Å². The van der Waals surface area contributed by atoms with E-state index in [-0.39, 0.29) is 24.8 Å². The van der Waals surface area contributed by atoms with Crippen molar-refractivity contribution < 1.29 is 4.74 Å². The van der Waals surface area contributed by atoms with Crippen LogP contribution in [0, 0.1) is 0 Å². The molecule has 3 nitrogen and oxygen atoms in total. The first-order chi connectivity index (χ1) is 7.86. The van der Waals surface area contributed by atoms with Gasteiger partial charge in [0.25, 0.3) is 0 Å². The lowest BCUT2D eigenvalue weighted by atomic mass is 10.1. The Kier molecular flexibility index (Phi) is 8.98. The van der Waals surface area contributed by atoms with Crippen molar-refractivity contribution in [1.29, 1.82) is 0 Å². The molecule has 0 spiro atoms. The molecular weight excluding hydrogens is 271 g/mol. The molecule has 1 aliphatic rings. The van der Waals surface area contributed by atoms with Gasteiger partial charge in [0, 0.05) is 6.54 Å². The third kappa shape index (κ3) is 5.34. The number of nitrogen functional groups attached to an aromatic ring is 1. The Hall–Kier alpha value is -0.640. The fourth-order valence-electron chi connectivity index (χ4n) is 2.08. The lowest BCUT2D eigenvalue weighted by molar-refractivity contribution is 0.184. The molecule has 1 heterocycles. The zero-order valence-electron chi connectivity index (χ0n) is 10.5. The first-order valence-corrected chi connectivity index (χ1v) is 6.06. The molecule has 18 heavy (non-hydrogen) atoms. The number of hydrogen-bond donors (Lipinski definition) is 1. The molecule has 0 bridgehead atoms. The normalized spacial score (nSPS) is 15.3. The molecule has 0 amide bonds. The van der Waals surface area contributed by atoms with Gasteiger partial charge in [-0.05, 0) is 38.1 Å². The van der Waals surface area contributed by atoms with Crippen LogP contribution < -0.4 is 10.5 Å². The Morgan fingerprint density at radius 3 is 2.39 bits per heavy atom. The van der Waals surface area contributed by atoms with Crippen molar-refractivity contribution in [3.63, 3.8) is 0 Å². The second-order valence-corrected chi connectivity index (χ2v) is 4.29. The lowest BCUT2D eigenvalue weighted by Gasteiger charge is -2.26. The van der Waals surface area contributed by atoms with Crippen molar-refractivity contribution >= 4 is 30.5 Å². The van der Waals surface area contributed by atoms with Gasteiger partial charge in [0.05, 0.1) is 5.69 Å². The highest BCUT2D eigenvalue weighted by molar-refractivity contribution is 5.85. The molecule has 1 aromatic carbocycles. The van der Waals surface area contributed by atoms with Gasteiger partial charge in [0.2, 0.25) is 0 Å². The van der Waals surface area contributed by atoms with Crippen molar-refractivity contribution in [2.75, 3.05) is 32.0 Å². The van der Waals surface area contributed by atoms with Crippen molar-refractivity contribution in [3.8, 4) is 5.75 Å². The summed E-state index contributed by atoms with van der Waals surface area (Å²) in [6.45, 7) is 4.17. The summed E-state index contributed by atoms with van der Waals surface area (Å²) in [6.07, 6.45) is 4.03. The maximum atomic E-state index is 5.80. The van der Waals surface area contributed by atoms with Gasteiger partial charge in [-0.25, -0.2) is 0 Å². The van der Waals surface area contributed by atoms with E-state index in [1.165, 1.54) is 32.4 Å². The smallest absolute Gasteiger partial charge is 0.142 e. The average Bonchev–Trinajstić information content (AvgIpc) is 2.33. The van der Waals surface area contributed by atoms with Crippen molar-refractivity contribution in [1.82, 2.24) is 4.90 Å². The molecular formula is C13H22Cl2N2O. The van der Waals surface area contributed by atoms with E-state index in [9.17, 15) is 0 Å². The monoisotopic (exact) mass is 292 g/mol. The van der Waals surface area contributed by atoms with Gasteiger partial charge in [-0.1, -0.05) is 18.6 Å². The van der Waals surface area contributed by atoms with Crippen LogP contribution in [0.3, 0.4) is 0 Å². The molecule has 0 saturated carbocycles. The fourth-order valence-corrected chi connectivity index (χ4v) is 2.08. The van der Waals surface area contributed by atoms with Gasteiger partial charge in [-0.15, -0.1) is 24.8 Å². The maximum absolute atomic E-state index is 5.80. The van der Waals surface area contributed by atoms with Gasteiger partial charge in [0.1, 0.15) is 12.4 Å². The summed E-state index contributed by atoms with van der Waals surface area (Å²) in [4.78, 5) is 2.46. The van der Waals surface area contributed by atoms with E-state index in [0.29, 0.717) is 0 Å². The third-order valence-corrected chi connectivity index (χ3v) is 3.03. The number of anilines is 1. The summed E-state index contributed by atoms with van der Waals surface area (Å²) in [7, 11) is 0. The summed E-state index contributed by atoms with van der Waals surface area (Å²) < 4.78 is 5.67. The minimum atomic E-state index is 0. The Bertz CT molecular complexity index is 331. The lowest BCUT2D eigenvalue weighted by Crippen LogP contribution is -2.33. The number of piperidine rings is 1. The van der Waals surface area contributed by atoms with Crippen LogP contribution in [-0.4, -0.2) is 31.1 Å². The van der Waals surface area contributed by atoms with E-state index < -0.39 is 0 Å². The first-order valence-electron chi connectivity index (χ1n) is 6.06. The highest BCUT2D eigenvalue weighted by atomic mass is 35.5. The van der Waals surface area contributed by atoms with Gasteiger partial charge in [0.15, 0.2) is 0 Å². The number of ether oxygens (including phenoxy) is 1. The molecule has 5 heteroatoms. The van der Waals surface area contributed by atoms with Crippen LogP contribution in [0.15, 0.2) is 24.3 Å². The number of para-hydroxylation sites is 2. The quantitative estimate of drug-likeness (QED) is 0.867. The number of nitrogens with two attached hydrogens (primary N) is 1. The van der Waals surface area contributed by atoms with E-state index in [4.69, 9.17) is 10.5 Å². The molecule has 0 aliphatic carbocycles. The zero-order valence-corrected chi connectivity index (χ0v) is 12.1. The molecule has 0 unspecified atom stereocenters. The SMILES string of the molecule is Cl.Cl.Nc1ccccc1OCCN1CCCCC1. The molecule has 0 atom stereocenters. The summed E-state index contributed by atoms with van der Waals surface area (Å²) >= 11 is 0. The summed E-state index contributed by atoms with van der Waals surface area (Å²) in [5, 5.41) is 0. The molecule has 1 aliphatic heterocycles. The van der Waals surface area contributed by atoms with E-state index >= 15 is 0 Å². The van der Waals surface area contributed by atoms with Gasteiger partial charge in [-0.2, -0.15) is 0 Å². The largest absolute Gasteiger partial charge is 0.490 e. The highest BCUT2D eigenvalue weighted by Gasteiger charge is 2.09. The van der Waals surface area contributed by atoms with Crippen molar-refractivity contribution in [3.05, 3.63) is 24.3 Å². The standard InChI is InChI=1S/C13H20N2O.2ClH/c14-12-6-2-3-7-13(12)16-11-10-15-8-4-1-5-9-15;;/h2-3,6-7H,1,4-5,8-11,14H2;2*1H. The number of nitrogens with zero attached hydrogens (tertiary/aromatic N) is 1. The van der Waals surface area contributed by atoms with Gasteiger partial charge < -0.3 is 10.5 Å². The van der Waals surface area contributed by atoms with Crippen LogP contribution in [-0.2, 0) is 0 Å². The van der Waals surface area contributed by atoms with Crippen molar-refractivity contribution in [2.24, 2.45) is 0 Å². The van der Waals surface area contributed by atoms with Gasteiger partial charge in [-0.3, -0.25) is 4.90 Å². The number of hydrogen-bond acceptors (Lipinski definition) is 3. The average molecular weight is 293 g/mol. The molecule has 2 rings (SSSR count). The second-order valence-electron chi connectivity index (χ2n) is 4.29. The van der Waals surface area contributed by atoms with Crippen LogP contribution >= 0.6 is 24.8 Å². The van der Waals surface area contributed by atoms with Crippen molar-refractivity contribution in [2.45, 2.75) is 19.3 Å². The molecule has 1 saturated heterocycles. The van der Waals surface area contributed by atoms with E-state index in [0.717, 1.165) is 24.6 Å². The van der Waals surface area contributed by atoms with Crippen LogP contribution in [0.2, 0.25) is 0 Å². The summed E-state index contributed by atoms with van der Waals surface area (Å²) in [6, 6.07) is 7.67. The Morgan fingerprint density at radius 2 is 1.72 bits per heavy atom. The molecule has 0 aromatic heterocycles. The van der Waals surface area contributed by atoms with E-state index in [1.54, 1.807) is 0 Å². The topological polar surface area (TPSA) is 38.5 Å². The predicted molar refractivity (Wildman–Crippen MR) is 81.1 cm³/mol. The number of rotatable bonds is 4. The second kappa shape index (κ2) is 9.31. The van der Waals surface area contributed by atoms with E-state index in [2.05, 4.69) is 4.90 Å². The minimum Gasteiger partial charge on any atom is -0.490 e.